The van der Waals surface area contributed by atoms with E-state index in [-0.39, 0.29) is 0 Å². The van der Waals surface area contributed by atoms with Crippen LogP contribution in [-0.2, 0) is 12.1 Å². The van der Waals surface area contributed by atoms with Crippen molar-refractivity contribution in [2.24, 2.45) is 0 Å². The van der Waals surface area contributed by atoms with Crippen molar-refractivity contribution in [2.75, 3.05) is 0 Å². The molecule has 2 unspecified atom stereocenters. The third-order valence-corrected chi connectivity index (χ3v) is 5.68. The van der Waals surface area contributed by atoms with E-state index < -0.39 is 5.60 Å². The van der Waals surface area contributed by atoms with Crippen molar-refractivity contribution in [2.45, 2.75) is 49.9 Å². The minimum absolute atomic E-state index is 0.435. The van der Waals surface area contributed by atoms with Crippen molar-refractivity contribution in [3.63, 3.8) is 0 Å². The van der Waals surface area contributed by atoms with Crippen LogP contribution in [0.5, 0.6) is 0 Å². The Balaban J connectivity index is 1.54. The molecule has 2 aliphatic rings. The molecule has 0 radical (unpaired) electrons. The van der Waals surface area contributed by atoms with Gasteiger partial charge in [0.25, 0.3) is 0 Å². The maximum Gasteiger partial charge on any atom is 0.0991 e. The molecule has 1 N–H and O–H groups in total. The third-order valence-electron chi connectivity index (χ3n) is 5.68. The van der Waals surface area contributed by atoms with Gasteiger partial charge in [-0.1, -0.05) is 42.5 Å². The topological polar surface area (TPSA) is 47.3 Å². The molecule has 2 aromatic carbocycles. The maximum atomic E-state index is 11.3. The zero-order chi connectivity index (χ0) is 16.6. The van der Waals surface area contributed by atoms with Crippen LogP contribution in [0.4, 0.5) is 0 Å². The Kier molecular flexibility index (Phi) is 3.88. The predicted molar refractivity (Wildman–Crippen MR) is 93.1 cm³/mol. The quantitative estimate of drug-likeness (QED) is 0.941. The molecule has 2 saturated heterocycles. The lowest BCUT2D eigenvalue weighted by molar-refractivity contribution is -0.0595. The second-order valence-corrected chi connectivity index (χ2v) is 7.17. The molecule has 2 atom stereocenters. The molecule has 2 fully saturated rings. The first kappa shape index (κ1) is 15.4. The van der Waals surface area contributed by atoms with Gasteiger partial charge in [-0.2, -0.15) is 5.26 Å². The Morgan fingerprint density at radius 3 is 2.21 bits per heavy atom. The second kappa shape index (κ2) is 6.05. The van der Waals surface area contributed by atoms with Gasteiger partial charge < -0.3 is 5.11 Å². The van der Waals surface area contributed by atoms with Crippen LogP contribution in [-0.4, -0.2) is 22.1 Å². The van der Waals surface area contributed by atoms with Crippen LogP contribution in [0.2, 0.25) is 0 Å². The minimum Gasteiger partial charge on any atom is -0.385 e. The smallest absolute Gasteiger partial charge is 0.0991 e. The fraction of sp³-hybridized carbons (Fsp3) is 0.381. The van der Waals surface area contributed by atoms with E-state index in [0.29, 0.717) is 17.6 Å². The van der Waals surface area contributed by atoms with E-state index in [2.05, 4.69) is 41.3 Å². The predicted octanol–water partition coefficient (Wildman–Crippen LogP) is 3.57. The lowest BCUT2D eigenvalue weighted by Crippen LogP contribution is -2.49. The summed E-state index contributed by atoms with van der Waals surface area (Å²) < 4.78 is 0. The van der Waals surface area contributed by atoms with Gasteiger partial charge in [0.05, 0.1) is 17.2 Å². The number of nitrogens with zero attached hydrogens (tertiary/aromatic N) is 2. The van der Waals surface area contributed by atoms with E-state index in [1.54, 1.807) is 0 Å². The summed E-state index contributed by atoms with van der Waals surface area (Å²) in [6.45, 7) is 0.972. The van der Waals surface area contributed by atoms with Gasteiger partial charge >= 0.3 is 0 Å². The Hall–Kier alpha value is -2.15. The standard InChI is InChI=1S/C21H22N2O/c22-14-16-6-8-18(9-7-16)21(24)12-19-10-11-20(13-21)23(19)15-17-4-2-1-3-5-17/h1-9,19-20,24H,10-13,15H2. The zero-order valence-corrected chi connectivity index (χ0v) is 13.7. The molecule has 3 heteroatoms. The van der Waals surface area contributed by atoms with Crippen molar-refractivity contribution in [3.8, 4) is 6.07 Å². The third kappa shape index (κ3) is 2.73. The van der Waals surface area contributed by atoms with Gasteiger partial charge in [0.15, 0.2) is 0 Å². The van der Waals surface area contributed by atoms with Crippen molar-refractivity contribution in [1.29, 1.82) is 5.26 Å². The molecule has 0 amide bonds. The highest BCUT2D eigenvalue weighted by atomic mass is 16.3. The summed E-state index contributed by atoms with van der Waals surface area (Å²) in [6.07, 6.45) is 3.89. The van der Waals surface area contributed by atoms with Crippen LogP contribution in [0.3, 0.4) is 0 Å². The normalized spacial score (nSPS) is 29.3. The fourth-order valence-electron chi connectivity index (χ4n) is 4.46. The van der Waals surface area contributed by atoms with E-state index >= 15 is 0 Å². The van der Waals surface area contributed by atoms with E-state index in [4.69, 9.17) is 5.26 Å². The molecule has 0 aromatic heterocycles. The minimum atomic E-state index is -0.757. The number of hydrogen-bond acceptors (Lipinski definition) is 3. The molecular weight excluding hydrogens is 296 g/mol. The molecular formula is C21H22N2O. The first-order valence-electron chi connectivity index (χ1n) is 8.71. The van der Waals surface area contributed by atoms with Gasteiger partial charge in [0.1, 0.15) is 0 Å². The first-order chi connectivity index (χ1) is 11.7. The molecule has 122 valence electrons. The summed E-state index contributed by atoms with van der Waals surface area (Å²) in [4.78, 5) is 2.58. The van der Waals surface area contributed by atoms with Crippen LogP contribution >= 0.6 is 0 Å². The molecule has 3 nitrogen and oxygen atoms in total. The monoisotopic (exact) mass is 318 g/mol. The second-order valence-electron chi connectivity index (χ2n) is 7.17. The highest BCUT2D eigenvalue weighted by Gasteiger charge is 2.48. The molecule has 2 bridgehead atoms. The lowest BCUT2D eigenvalue weighted by atomic mass is 9.80. The Bertz CT molecular complexity index is 734. The number of aliphatic hydroxyl groups is 1. The molecule has 0 spiro atoms. The van der Waals surface area contributed by atoms with Gasteiger partial charge in [0.2, 0.25) is 0 Å². The largest absolute Gasteiger partial charge is 0.385 e. The number of piperidine rings is 1. The van der Waals surface area contributed by atoms with Crippen molar-refractivity contribution in [1.82, 2.24) is 4.90 Å². The van der Waals surface area contributed by atoms with Gasteiger partial charge in [-0.05, 0) is 48.9 Å². The highest BCUT2D eigenvalue weighted by Crippen LogP contribution is 2.46. The van der Waals surface area contributed by atoms with Crippen LogP contribution in [0.15, 0.2) is 54.6 Å². The van der Waals surface area contributed by atoms with Gasteiger partial charge in [0, 0.05) is 18.6 Å². The summed E-state index contributed by atoms with van der Waals surface area (Å²) in [5, 5.41) is 20.2. The summed E-state index contributed by atoms with van der Waals surface area (Å²) in [7, 11) is 0. The number of fused-ring (bicyclic) bond motifs is 2. The zero-order valence-electron chi connectivity index (χ0n) is 13.7. The molecule has 0 aliphatic carbocycles. The summed E-state index contributed by atoms with van der Waals surface area (Å²) >= 11 is 0. The molecule has 2 heterocycles. The number of nitriles is 1. The molecule has 24 heavy (non-hydrogen) atoms. The molecule has 2 aromatic rings. The van der Waals surface area contributed by atoms with E-state index in [9.17, 15) is 5.11 Å². The summed E-state index contributed by atoms with van der Waals surface area (Å²) in [5.74, 6) is 0. The van der Waals surface area contributed by atoms with Gasteiger partial charge in [-0.3, -0.25) is 4.90 Å². The molecule has 0 saturated carbocycles. The molecule has 2 aliphatic heterocycles. The average molecular weight is 318 g/mol. The van der Waals surface area contributed by atoms with Crippen LogP contribution < -0.4 is 0 Å². The van der Waals surface area contributed by atoms with Crippen LogP contribution in [0, 0.1) is 11.3 Å². The van der Waals surface area contributed by atoms with Crippen molar-refractivity contribution in [3.05, 3.63) is 71.3 Å². The maximum absolute atomic E-state index is 11.3. The average Bonchev–Trinajstić information content (AvgIpc) is 2.86. The lowest BCUT2D eigenvalue weighted by Gasteiger charge is -2.44. The number of hydrogen-bond donors (Lipinski definition) is 1. The Morgan fingerprint density at radius 1 is 1.00 bits per heavy atom. The van der Waals surface area contributed by atoms with E-state index in [1.165, 1.54) is 5.56 Å². The highest BCUT2D eigenvalue weighted by molar-refractivity contribution is 5.35. The fourth-order valence-corrected chi connectivity index (χ4v) is 4.46. The Labute approximate surface area is 143 Å². The van der Waals surface area contributed by atoms with Gasteiger partial charge in [-0.25, -0.2) is 0 Å². The molecule has 4 rings (SSSR count). The SMILES string of the molecule is N#Cc1ccc(C2(O)CC3CCC(C2)N3Cc2ccccc2)cc1. The van der Waals surface area contributed by atoms with E-state index in [0.717, 1.165) is 37.8 Å². The van der Waals surface area contributed by atoms with Gasteiger partial charge in [-0.15, -0.1) is 0 Å². The van der Waals surface area contributed by atoms with Crippen molar-refractivity contribution < 1.29 is 5.11 Å². The summed E-state index contributed by atoms with van der Waals surface area (Å²) in [5.41, 5.74) is 2.19. The van der Waals surface area contributed by atoms with E-state index in [1.807, 2.05) is 24.3 Å². The Morgan fingerprint density at radius 2 is 1.62 bits per heavy atom. The summed E-state index contributed by atoms with van der Waals surface area (Å²) in [6, 6.07) is 21.1. The van der Waals surface area contributed by atoms with Crippen LogP contribution in [0.1, 0.15) is 42.4 Å². The van der Waals surface area contributed by atoms with Crippen LogP contribution in [0.25, 0.3) is 0 Å². The number of rotatable bonds is 3. The number of benzene rings is 2. The first-order valence-corrected chi connectivity index (χ1v) is 8.71. The van der Waals surface area contributed by atoms with Crippen molar-refractivity contribution >= 4 is 0 Å².